The summed E-state index contributed by atoms with van der Waals surface area (Å²) in [5.74, 6) is -1.57. The molecule has 12 heteroatoms. The van der Waals surface area contributed by atoms with Crippen molar-refractivity contribution in [2.45, 2.75) is 57.5 Å². The zero-order valence-corrected chi connectivity index (χ0v) is 26.6. The molecule has 0 unspecified atom stereocenters. The van der Waals surface area contributed by atoms with E-state index in [1.54, 1.807) is 11.0 Å². The van der Waals surface area contributed by atoms with Crippen LogP contribution in [0.2, 0.25) is 0 Å². The Bertz CT molecular complexity index is 1550. The Labute approximate surface area is 263 Å². The summed E-state index contributed by atoms with van der Waals surface area (Å²) in [7, 11) is -4.61. The number of hydroxylamine groups is 1. The first-order valence-electron chi connectivity index (χ1n) is 14.4. The largest absolute Gasteiger partial charge is 0.338 e. The predicted octanol–water partition coefficient (Wildman–Crippen LogP) is 5.29. The number of sulfonamides is 1. The second-order valence-electron chi connectivity index (χ2n) is 10.1. The number of hydrogen-bond acceptors (Lipinski definition) is 7. The molecule has 0 spiro atoms. The zero-order valence-electron chi connectivity index (χ0n) is 24.9. The van der Waals surface area contributed by atoms with Crippen LogP contribution in [0.1, 0.15) is 50.7 Å². The molecule has 9 nitrogen and oxygen atoms in total. The highest BCUT2D eigenvalue weighted by Gasteiger charge is 2.30. The molecule has 3 amide bonds. The third kappa shape index (κ3) is 8.90. The number of thiol groups is 1. The second kappa shape index (κ2) is 16.4. The van der Waals surface area contributed by atoms with Gasteiger partial charge < -0.3 is 9.80 Å². The number of carbonyl (C=O) groups excluding carboxylic acids is 3. The van der Waals surface area contributed by atoms with E-state index in [4.69, 9.17) is 0 Å². The van der Waals surface area contributed by atoms with Gasteiger partial charge in [-0.05, 0) is 29.7 Å². The minimum atomic E-state index is -4.61. The molecule has 0 radical (unpaired) electrons. The van der Waals surface area contributed by atoms with Gasteiger partial charge in [-0.1, -0.05) is 74.5 Å². The van der Waals surface area contributed by atoms with Gasteiger partial charge in [0, 0.05) is 62.3 Å². The number of carbonyl (C=O) groups is 3. The van der Waals surface area contributed by atoms with Crippen molar-refractivity contribution < 1.29 is 32.4 Å². The molecule has 0 atom stereocenters. The van der Waals surface area contributed by atoms with Crippen molar-refractivity contribution >= 4 is 40.4 Å². The maximum Gasteiger partial charge on any atom is 0.289 e. The van der Waals surface area contributed by atoms with Gasteiger partial charge in [-0.2, -0.15) is 21.0 Å². The molecule has 0 fully saturated rings. The van der Waals surface area contributed by atoms with Crippen molar-refractivity contribution in [3.63, 3.8) is 0 Å². The van der Waals surface area contributed by atoms with Gasteiger partial charge in [0.05, 0.1) is 4.90 Å². The topological polar surface area (TPSA) is 115 Å². The first-order valence-corrected chi connectivity index (χ1v) is 16.5. The number of hydrogen-bond donors (Lipinski definition) is 2. The summed E-state index contributed by atoms with van der Waals surface area (Å²) in [5, 5.41) is 10.0. The summed E-state index contributed by atoms with van der Waals surface area (Å²) in [4.78, 5) is 40.8. The fraction of sp³-hybridized carbons (Fsp3) is 0.344. The van der Waals surface area contributed by atoms with Gasteiger partial charge in [0.2, 0.25) is 11.8 Å². The standard InChI is InChI=1S/C32H38FN3O6S2/c1-3-10-31(38)34(18-17-32(39)35(19-20-43)22-24-11-6-5-7-12-24)23-26-16-15-25(21-28(26)33)27-13-8-9-14-29(27)44(41,42)36(40)30(37)4-2/h5-9,11-16,21,40,43H,3-4,10,17-20,22-23H2,1-2H3. The van der Waals surface area contributed by atoms with Crippen molar-refractivity contribution in [1.82, 2.24) is 14.3 Å². The Morgan fingerprint density at radius 2 is 1.45 bits per heavy atom. The van der Waals surface area contributed by atoms with E-state index in [1.807, 2.05) is 37.3 Å². The summed E-state index contributed by atoms with van der Waals surface area (Å²) >= 11 is 4.28. The summed E-state index contributed by atoms with van der Waals surface area (Å²) < 4.78 is 41.1. The third-order valence-electron chi connectivity index (χ3n) is 6.98. The molecular weight excluding hydrogens is 605 g/mol. The molecule has 3 rings (SSSR count). The van der Waals surface area contributed by atoms with Gasteiger partial charge in [-0.25, -0.2) is 4.39 Å². The maximum absolute atomic E-state index is 15.5. The van der Waals surface area contributed by atoms with Crippen LogP contribution in [0.5, 0.6) is 0 Å². The molecule has 1 N–H and O–H groups in total. The number of benzene rings is 3. The quantitative estimate of drug-likeness (QED) is 0.132. The van der Waals surface area contributed by atoms with Crippen molar-refractivity contribution in [3.8, 4) is 11.1 Å². The van der Waals surface area contributed by atoms with E-state index in [0.29, 0.717) is 25.3 Å². The van der Waals surface area contributed by atoms with E-state index in [1.165, 1.54) is 42.2 Å². The van der Waals surface area contributed by atoms with E-state index >= 15 is 4.39 Å². The van der Waals surface area contributed by atoms with E-state index in [-0.39, 0.29) is 70.2 Å². The van der Waals surface area contributed by atoms with E-state index in [0.717, 1.165) is 11.6 Å². The minimum absolute atomic E-state index is 0.0507. The van der Waals surface area contributed by atoms with E-state index < -0.39 is 21.7 Å². The predicted molar refractivity (Wildman–Crippen MR) is 169 cm³/mol. The average Bonchev–Trinajstić information content (AvgIpc) is 3.03. The highest BCUT2D eigenvalue weighted by atomic mass is 32.2. The molecule has 0 heterocycles. The van der Waals surface area contributed by atoms with Crippen molar-refractivity contribution in [1.29, 1.82) is 0 Å². The lowest BCUT2D eigenvalue weighted by Gasteiger charge is -2.26. The third-order valence-corrected chi connectivity index (χ3v) is 8.76. The number of amides is 3. The maximum atomic E-state index is 15.5. The van der Waals surface area contributed by atoms with Crippen LogP contribution in [-0.2, 0) is 37.5 Å². The van der Waals surface area contributed by atoms with Crippen LogP contribution in [0.15, 0.2) is 77.7 Å². The molecule has 0 bridgehead atoms. The Morgan fingerprint density at radius 1 is 0.818 bits per heavy atom. The Hall–Kier alpha value is -3.74. The second-order valence-corrected chi connectivity index (χ2v) is 12.3. The molecule has 0 aliphatic heterocycles. The first-order chi connectivity index (χ1) is 21.0. The number of halogens is 1. The first kappa shape index (κ1) is 34.7. The van der Waals surface area contributed by atoms with Gasteiger partial charge in [0.25, 0.3) is 15.9 Å². The SMILES string of the molecule is CCCC(=O)N(CCC(=O)N(CCS)Cc1ccccc1)Cc1ccc(-c2ccccc2S(=O)(=O)N(O)C(=O)CC)cc1F. The van der Waals surface area contributed by atoms with Gasteiger partial charge >= 0.3 is 0 Å². The lowest BCUT2D eigenvalue weighted by atomic mass is 10.0. The summed E-state index contributed by atoms with van der Waals surface area (Å²) in [6, 6.07) is 19.3. The number of nitrogens with zero attached hydrogens (tertiary/aromatic N) is 3. The summed E-state index contributed by atoms with van der Waals surface area (Å²) in [6.07, 6.45) is 0.630. The average molecular weight is 644 g/mol. The van der Waals surface area contributed by atoms with Crippen LogP contribution >= 0.6 is 12.6 Å². The Morgan fingerprint density at radius 3 is 2.09 bits per heavy atom. The van der Waals surface area contributed by atoms with Crippen LogP contribution in [-0.4, -0.2) is 64.5 Å². The monoisotopic (exact) mass is 643 g/mol. The van der Waals surface area contributed by atoms with Crippen LogP contribution in [0.3, 0.4) is 0 Å². The summed E-state index contributed by atoms with van der Waals surface area (Å²) in [6.45, 7) is 4.13. The zero-order chi connectivity index (χ0) is 32.3. The lowest BCUT2D eigenvalue weighted by Crippen LogP contribution is -2.37. The smallest absolute Gasteiger partial charge is 0.289 e. The molecule has 0 aliphatic carbocycles. The van der Waals surface area contributed by atoms with E-state index in [2.05, 4.69) is 12.6 Å². The van der Waals surface area contributed by atoms with Crippen molar-refractivity contribution in [2.75, 3.05) is 18.8 Å². The van der Waals surface area contributed by atoms with Gasteiger partial charge in [-0.3, -0.25) is 19.6 Å². The Balaban J connectivity index is 1.82. The molecule has 0 aromatic heterocycles. The molecule has 3 aromatic rings. The highest BCUT2D eigenvalue weighted by Crippen LogP contribution is 2.31. The fourth-order valence-electron chi connectivity index (χ4n) is 4.61. The lowest BCUT2D eigenvalue weighted by molar-refractivity contribution is -0.145. The molecule has 236 valence electrons. The van der Waals surface area contributed by atoms with Gasteiger partial charge in [0.1, 0.15) is 5.82 Å². The van der Waals surface area contributed by atoms with Gasteiger partial charge in [0.15, 0.2) is 0 Å². The molecule has 0 saturated heterocycles. The van der Waals surface area contributed by atoms with Crippen LogP contribution in [0.25, 0.3) is 11.1 Å². The normalized spacial score (nSPS) is 11.2. The van der Waals surface area contributed by atoms with Gasteiger partial charge in [-0.15, -0.1) is 4.47 Å². The Kier molecular flexibility index (Phi) is 12.9. The molecule has 0 saturated carbocycles. The fourth-order valence-corrected chi connectivity index (χ4v) is 6.15. The molecule has 44 heavy (non-hydrogen) atoms. The minimum Gasteiger partial charge on any atom is -0.338 e. The molecular formula is C32H38FN3O6S2. The molecule has 0 aliphatic rings. The molecule has 3 aromatic carbocycles. The summed E-state index contributed by atoms with van der Waals surface area (Å²) in [5.41, 5.74) is 1.45. The van der Waals surface area contributed by atoms with E-state index in [9.17, 15) is 28.0 Å². The van der Waals surface area contributed by atoms with Crippen molar-refractivity contribution in [3.05, 3.63) is 89.7 Å². The van der Waals surface area contributed by atoms with Crippen LogP contribution in [0.4, 0.5) is 4.39 Å². The highest BCUT2D eigenvalue weighted by molar-refractivity contribution is 7.89. The van der Waals surface area contributed by atoms with Crippen LogP contribution in [0, 0.1) is 5.82 Å². The van der Waals surface area contributed by atoms with Crippen LogP contribution < -0.4 is 0 Å². The number of rotatable bonds is 15. The van der Waals surface area contributed by atoms with Crippen molar-refractivity contribution in [2.24, 2.45) is 0 Å².